The molecule has 0 aromatic carbocycles. The maximum Gasteiger partial charge on any atom is 0.186 e. The predicted molar refractivity (Wildman–Crippen MR) is 84.5 cm³/mol. The summed E-state index contributed by atoms with van der Waals surface area (Å²) in [5, 5.41) is 11.5. The van der Waals surface area contributed by atoms with Gasteiger partial charge in [-0.25, -0.2) is 4.98 Å². The van der Waals surface area contributed by atoms with E-state index in [0.29, 0.717) is 6.04 Å². The summed E-state index contributed by atoms with van der Waals surface area (Å²) >= 11 is 1.73. The maximum absolute atomic E-state index is 10.4. The third-order valence-corrected chi connectivity index (χ3v) is 5.95. The Morgan fingerprint density at radius 3 is 2.90 bits per heavy atom. The van der Waals surface area contributed by atoms with Gasteiger partial charge in [-0.15, -0.1) is 0 Å². The summed E-state index contributed by atoms with van der Waals surface area (Å²) in [5.41, 5.74) is 1.31. The van der Waals surface area contributed by atoms with Crippen LogP contribution in [0.25, 0.3) is 0 Å². The van der Waals surface area contributed by atoms with Crippen molar-refractivity contribution in [3.63, 3.8) is 0 Å². The van der Waals surface area contributed by atoms with E-state index in [1.165, 1.54) is 25.7 Å². The molecule has 2 unspecified atom stereocenters. The summed E-state index contributed by atoms with van der Waals surface area (Å²) in [7, 11) is 0. The molecule has 0 radical (unpaired) electrons. The van der Waals surface area contributed by atoms with Gasteiger partial charge in [0.1, 0.15) is 0 Å². The minimum absolute atomic E-state index is 0.169. The number of thiazole rings is 1. The van der Waals surface area contributed by atoms with Crippen molar-refractivity contribution in [3.8, 4) is 0 Å². The highest BCUT2D eigenvalue weighted by molar-refractivity contribution is 7.15. The average molecular weight is 294 g/mol. The molecule has 1 saturated heterocycles. The van der Waals surface area contributed by atoms with Crippen LogP contribution < -0.4 is 4.90 Å². The van der Waals surface area contributed by atoms with E-state index in [-0.39, 0.29) is 11.5 Å². The first-order chi connectivity index (χ1) is 9.46. The zero-order valence-corrected chi connectivity index (χ0v) is 13.7. The zero-order valence-electron chi connectivity index (χ0n) is 12.9. The molecule has 2 atom stereocenters. The number of nitrogens with zero attached hydrogens (tertiary/aromatic N) is 2. The zero-order chi connectivity index (χ0) is 14.3. The Morgan fingerprint density at radius 1 is 1.30 bits per heavy atom. The Kier molecular flexibility index (Phi) is 3.80. The van der Waals surface area contributed by atoms with Gasteiger partial charge in [0.05, 0.1) is 16.7 Å². The predicted octanol–water partition coefficient (Wildman–Crippen LogP) is 3.92. The van der Waals surface area contributed by atoms with Gasteiger partial charge in [-0.1, -0.05) is 38.0 Å². The van der Waals surface area contributed by atoms with Crippen LogP contribution in [0.15, 0.2) is 0 Å². The number of aliphatic hydroxyl groups excluding tert-OH is 1. The van der Waals surface area contributed by atoms with Crippen molar-refractivity contribution in [2.24, 2.45) is 5.41 Å². The molecule has 3 nitrogen and oxygen atoms in total. The van der Waals surface area contributed by atoms with E-state index in [0.717, 1.165) is 35.1 Å². The monoisotopic (exact) mass is 294 g/mol. The van der Waals surface area contributed by atoms with E-state index in [9.17, 15) is 5.11 Å². The first-order valence-corrected chi connectivity index (χ1v) is 8.72. The van der Waals surface area contributed by atoms with E-state index in [2.05, 4.69) is 25.7 Å². The van der Waals surface area contributed by atoms with Crippen molar-refractivity contribution >= 4 is 16.5 Å². The Hall–Kier alpha value is -0.610. The highest BCUT2D eigenvalue weighted by Crippen LogP contribution is 2.45. The molecule has 0 spiro atoms. The van der Waals surface area contributed by atoms with Gasteiger partial charge in [0.15, 0.2) is 5.13 Å². The van der Waals surface area contributed by atoms with Crippen molar-refractivity contribution in [1.82, 2.24) is 4.98 Å². The topological polar surface area (TPSA) is 36.4 Å². The van der Waals surface area contributed by atoms with Gasteiger partial charge < -0.3 is 10.0 Å². The number of rotatable bonds is 1. The van der Waals surface area contributed by atoms with Crippen LogP contribution in [0.3, 0.4) is 0 Å². The van der Waals surface area contributed by atoms with Crippen LogP contribution in [0.1, 0.15) is 69.6 Å². The lowest BCUT2D eigenvalue weighted by molar-refractivity contribution is 0.102. The number of aromatic nitrogens is 1. The fraction of sp³-hybridized carbons (Fsp3) is 0.812. The Morgan fingerprint density at radius 2 is 2.10 bits per heavy atom. The molecule has 1 fully saturated rings. The molecule has 4 heteroatoms. The Balaban J connectivity index is 1.89. The lowest BCUT2D eigenvalue weighted by Gasteiger charge is -2.31. The largest absolute Gasteiger partial charge is 0.387 e. The normalized spacial score (nSPS) is 29.9. The molecule has 0 saturated carbocycles. The van der Waals surface area contributed by atoms with Gasteiger partial charge in [0.2, 0.25) is 0 Å². The molecule has 20 heavy (non-hydrogen) atoms. The first kappa shape index (κ1) is 14.3. The second-order valence-corrected chi connectivity index (χ2v) is 8.27. The fourth-order valence-electron chi connectivity index (χ4n) is 3.56. The van der Waals surface area contributed by atoms with Crippen molar-refractivity contribution in [2.75, 3.05) is 11.4 Å². The maximum atomic E-state index is 10.4. The highest BCUT2D eigenvalue weighted by Gasteiger charge is 2.35. The molecule has 0 amide bonds. The van der Waals surface area contributed by atoms with E-state index in [4.69, 9.17) is 4.98 Å². The van der Waals surface area contributed by atoms with Crippen LogP contribution in [0.5, 0.6) is 0 Å². The first-order valence-electron chi connectivity index (χ1n) is 7.90. The molecule has 1 N–H and O–H groups in total. The molecule has 2 heterocycles. The number of hydrogen-bond donors (Lipinski definition) is 1. The number of aliphatic hydroxyl groups is 1. The Labute approximate surface area is 126 Å². The van der Waals surface area contributed by atoms with Crippen molar-refractivity contribution in [1.29, 1.82) is 0 Å². The number of hydrogen-bond acceptors (Lipinski definition) is 4. The molecule has 112 valence electrons. The summed E-state index contributed by atoms with van der Waals surface area (Å²) in [4.78, 5) is 8.49. The van der Waals surface area contributed by atoms with Crippen molar-refractivity contribution in [2.45, 2.75) is 71.4 Å². The molecule has 0 bridgehead atoms. The quantitative estimate of drug-likeness (QED) is 0.853. The summed E-state index contributed by atoms with van der Waals surface area (Å²) in [5.74, 6) is 0. The van der Waals surface area contributed by atoms with Crippen LogP contribution in [0.2, 0.25) is 0 Å². The minimum atomic E-state index is -0.317. The fourth-order valence-corrected chi connectivity index (χ4v) is 4.76. The molecule has 1 aliphatic heterocycles. The standard InChI is InChI=1S/C16H26N2OS/c1-11-7-5-4-6-8-18(11)15-17-12-9-16(2,3)10-13(19)14(12)20-15/h11,13,19H,4-10H2,1-3H3. The van der Waals surface area contributed by atoms with Gasteiger partial charge >= 0.3 is 0 Å². The van der Waals surface area contributed by atoms with Crippen LogP contribution in [-0.2, 0) is 6.42 Å². The second kappa shape index (κ2) is 5.30. The number of anilines is 1. The van der Waals surface area contributed by atoms with Crippen LogP contribution >= 0.6 is 11.3 Å². The van der Waals surface area contributed by atoms with Gasteiger partial charge in [-0.05, 0) is 38.0 Å². The van der Waals surface area contributed by atoms with Crippen molar-refractivity contribution in [3.05, 3.63) is 10.6 Å². The lowest BCUT2D eigenvalue weighted by Crippen LogP contribution is -2.32. The molecule has 1 aliphatic carbocycles. The van der Waals surface area contributed by atoms with E-state index < -0.39 is 0 Å². The summed E-state index contributed by atoms with van der Waals surface area (Å²) in [6, 6.07) is 0.579. The third kappa shape index (κ3) is 2.73. The van der Waals surface area contributed by atoms with Gasteiger partial charge in [-0.3, -0.25) is 0 Å². The van der Waals surface area contributed by atoms with E-state index in [1.54, 1.807) is 11.3 Å². The molecule has 1 aromatic rings. The third-order valence-electron chi connectivity index (χ3n) is 4.71. The average Bonchev–Trinajstić information content (AvgIpc) is 2.63. The molecule has 1 aromatic heterocycles. The lowest BCUT2D eigenvalue weighted by atomic mass is 9.77. The van der Waals surface area contributed by atoms with Gasteiger partial charge in [0.25, 0.3) is 0 Å². The number of fused-ring (bicyclic) bond motifs is 1. The van der Waals surface area contributed by atoms with Crippen molar-refractivity contribution < 1.29 is 5.11 Å². The summed E-state index contributed by atoms with van der Waals surface area (Å²) in [6.45, 7) is 7.89. The molecule has 3 rings (SSSR count). The van der Waals surface area contributed by atoms with E-state index >= 15 is 0 Å². The van der Waals surface area contributed by atoms with Gasteiger partial charge in [-0.2, -0.15) is 0 Å². The Bertz CT molecular complexity index is 483. The van der Waals surface area contributed by atoms with Crippen LogP contribution in [-0.4, -0.2) is 22.7 Å². The minimum Gasteiger partial charge on any atom is -0.387 e. The smallest absolute Gasteiger partial charge is 0.186 e. The summed E-state index contributed by atoms with van der Waals surface area (Å²) in [6.07, 6.45) is 6.73. The highest BCUT2D eigenvalue weighted by atomic mass is 32.1. The van der Waals surface area contributed by atoms with Gasteiger partial charge in [0, 0.05) is 12.6 Å². The summed E-state index contributed by atoms with van der Waals surface area (Å²) < 4.78 is 0. The van der Waals surface area contributed by atoms with E-state index in [1.807, 2.05) is 0 Å². The molecular formula is C16H26N2OS. The SMILES string of the molecule is CC1CCCCCN1c1nc2c(s1)C(O)CC(C)(C)C2. The second-order valence-electron chi connectivity index (χ2n) is 7.26. The molecule has 2 aliphatic rings. The molecular weight excluding hydrogens is 268 g/mol. The van der Waals surface area contributed by atoms with Crippen LogP contribution in [0, 0.1) is 5.41 Å². The van der Waals surface area contributed by atoms with Crippen LogP contribution in [0.4, 0.5) is 5.13 Å².